The fraction of sp³-hybridized carbons (Fsp3) is 0.412. The fourth-order valence-electron chi connectivity index (χ4n) is 2.81. The molecule has 0 spiro atoms. The molecule has 0 aromatic carbocycles. The second kappa shape index (κ2) is 7.25. The van der Waals surface area contributed by atoms with Crippen molar-refractivity contribution in [2.24, 2.45) is 0 Å². The summed E-state index contributed by atoms with van der Waals surface area (Å²) in [7, 11) is 0. The summed E-state index contributed by atoms with van der Waals surface area (Å²) in [6, 6.07) is 3.63. The highest BCUT2D eigenvalue weighted by Crippen LogP contribution is 2.22. The molecule has 1 aliphatic carbocycles. The molecule has 3 rings (SSSR count). The van der Waals surface area contributed by atoms with E-state index in [2.05, 4.69) is 20.3 Å². The minimum Gasteiger partial charge on any atom is -0.487 e. The summed E-state index contributed by atoms with van der Waals surface area (Å²) >= 11 is 0. The van der Waals surface area contributed by atoms with Gasteiger partial charge in [0.15, 0.2) is 0 Å². The first-order valence-electron chi connectivity index (χ1n) is 8.13. The van der Waals surface area contributed by atoms with Crippen molar-refractivity contribution in [2.45, 2.75) is 38.7 Å². The Hall–Kier alpha value is -2.70. The molecule has 1 atom stereocenters. The van der Waals surface area contributed by atoms with Gasteiger partial charge < -0.3 is 15.8 Å². The molecular weight excluding hydrogens is 306 g/mol. The third kappa shape index (κ3) is 3.79. The minimum atomic E-state index is -0.233. The maximum absolute atomic E-state index is 12.5. The van der Waals surface area contributed by atoms with Crippen molar-refractivity contribution in [2.75, 3.05) is 12.3 Å². The number of ether oxygens (including phenoxy) is 1. The third-order valence-corrected chi connectivity index (χ3v) is 3.94. The van der Waals surface area contributed by atoms with Crippen LogP contribution >= 0.6 is 0 Å². The maximum atomic E-state index is 12.5. The molecule has 0 radical (unpaired) electrons. The number of fused-ring (bicyclic) bond motifs is 1. The number of nitrogens with zero attached hydrogens (tertiary/aromatic N) is 3. The number of aryl methyl sites for hydroxylation is 1. The van der Waals surface area contributed by atoms with Crippen molar-refractivity contribution < 1.29 is 9.53 Å². The molecule has 0 saturated carbocycles. The number of carbonyl (C=O) groups is 1. The lowest BCUT2D eigenvalue weighted by Crippen LogP contribution is -2.35. The zero-order valence-corrected chi connectivity index (χ0v) is 13.7. The molecule has 2 aromatic rings. The van der Waals surface area contributed by atoms with Crippen molar-refractivity contribution >= 4 is 11.9 Å². The molecule has 1 amide bonds. The van der Waals surface area contributed by atoms with Gasteiger partial charge in [-0.15, -0.1) is 0 Å². The summed E-state index contributed by atoms with van der Waals surface area (Å²) in [5, 5.41) is 2.87. The highest BCUT2D eigenvalue weighted by atomic mass is 16.5. The SMILES string of the molecule is CC(CNC(=O)c1nc(N)nc2c1CCCC2)Oc1cccnc1. The van der Waals surface area contributed by atoms with E-state index in [1.54, 1.807) is 18.5 Å². The number of nitrogens with one attached hydrogen (secondary N) is 1. The number of nitrogen functional groups attached to an aromatic ring is 1. The number of anilines is 1. The highest BCUT2D eigenvalue weighted by molar-refractivity contribution is 5.94. The molecule has 0 bridgehead atoms. The van der Waals surface area contributed by atoms with Crippen LogP contribution in [0, 0.1) is 0 Å². The van der Waals surface area contributed by atoms with E-state index in [0.29, 0.717) is 18.0 Å². The molecule has 7 heteroatoms. The van der Waals surface area contributed by atoms with Crippen molar-refractivity contribution in [1.29, 1.82) is 0 Å². The second-order valence-corrected chi connectivity index (χ2v) is 5.89. The maximum Gasteiger partial charge on any atom is 0.270 e. The number of rotatable bonds is 5. The summed E-state index contributed by atoms with van der Waals surface area (Å²) in [6.07, 6.45) is 6.92. The van der Waals surface area contributed by atoms with Gasteiger partial charge in [-0.2, -0.15) is 0 Å². The molecule has 126 valence electrons. The van der Waals surface area contributed by atoms with E-state index in [0.717, 1.165) is 36.9 Å². The Kier molecular flexibility index (Phi) is 4.88. The summed E-state index contributed by atoms with van der Waals surface area (Å²) in [6.45, 7) is 2.25. The fourth-order valence-corrected chi connectivity index (χ4v) is 2.81. The average Bonchev–Trinajstić information content (AvgIpc) is 2.59. The summed E-state index contributed by atoms with van der Waals surface area (Å²) in [4.78, 5) is 24.9. The van der Waals surface area contributed by atoms with Gasteiger partial charge in [0.25, 0.3) is 5.91 Å². The normalized spacial score (nSPS) is 14.5. The van der Waals surface area contributed by atoms with E-state index in [9.17, 15) is 4.79 Å². The number of pyridine rings is 1. The Labute approximate surface area is 140 Å². The lowest BCUT2D eigenvalue weighted by molar-refractivity contribution is 0.0925. The van der Waals surface area contributed by atoms with Gasteiger partial charge in [-0.05, 0) is 44.7 Å². The second-order valence-electron chi connectivity index (χ2n) is 5.89. The number of nitrogens with two attached hydrogens (primary N) is 1. The molecule has 1 unspecified atom stereocenters. The molecule has 3 N–H and O–H groups in total. The number of hydrogen-bond donors (Lipinski definition) is 2. The summed E-state index contributed by atoms with van der Waals surface area (Å²) in [5.74, 6) is 0.590. The first kappa shape index (κ1) is 16.2. The molecule has 0 aliphatic heterocycles. The lowest BCUT2D eigenvalue weighted by atomic mass is 9.94. The Bertz CT molecular complexity index is 720. The van der Waals surface area contributed by atoms with Gasteiger partial charge in [0, 0.05) is 17.5 Å². The van der Waals surface area contributed by atoms with Crippen LogP contribution in [0.15, 0.2) is 24.5 Å². The standard InChI is InChI=1S/C17H21N5O2/c1-11(24-12-5-4-8-19-10-12)9-20-16(23)15-13-6-2-3-7-14(13)21-17(18)22-15/h4-5,8,10-11H,2-3,6-7,9H2,1H3,(H,20,23)(H2,18,21,22). The van der Waals surface area contributed by atoms with Crippen LogP contribution in [0.5, 0.6) is 5.75 Å². The third-order valence-electron chi connectivity index (χ3n) is 3.94. The van der Waals surface area contributed by atoms with E-state index in [4.69, 9.17) is 10.5 Å². The first-order chi connectivity index (χ1) is 11.6. The van der Waals surface area contributed by atoms with Gasteiger partial charge in [0.05, 0.1) is 12.7 Å². The quantitative estimate of drug-likeness (QED) is 0.863. The van der Waals surface area contributed by atoms with Crippen LogP contribution in [0.3, 0.4) is 0 Å². The van der Waals surface area contributed by atoms with Gasteiger partial charge in [0.1, 0.15) is 17.5 Å². The zero-order valence-electron chi connectivity index (χ0n) is 13.7. The summed E-state index contributed by atoms with van der Waals surface area (Å²) in [5.41, 5.74) is 7.97. The predicted octanol–water partition coefficient (Wildman–Crippen LogP) is 1.53. The monoisotopic (exact) mass is 327 g/mol. The van der Waals surface area contributed by atoms with Crippen LogP contribution in [0.25, 0.3) is 0 Å². The van der Waals surface area contributed by atoms with Crippen molar-refractivity contribution in [3.63, 3.8) is 0 Å². The van der Waals surface area contributed by atoms with Crippen molar-refractivity contribution in [3.05, 3.63) is 41.5 Å². The van der Waals surface area contributed by atoms with E-state index < -0.39 is 0 Å². The van der Waals surface area contributed by atoms with Crippen molar-refractivity contribution in [3.8, 4) is 5.75 Å². The van der Waals surface area contributed by atoms with E-state index in [1.807, 2.05) is 13.0 Å². The molecule has 0 saturated heterocycles. The minimum absolute atomic E-state index is 0.153. The van der Waals surface area contributed by atoms with Crippen LogP contribution in [0.2, 0.25) is 0 Å². The topological polar surface area (TPSA) is 103 Å². The number of amides is 1. The lowest BCUT2D eigenvalue weighted by Gasteiger charge is -2.19. The number of aromatic nitrogens is 3. The Morgan fingerprint density at radius 2 is 2.21 bits per heavy atom. The Morgan fingerprint density at radius 1 is 1.38 bits per heavy atom. The smallest absolute Gasteiger partial charge is 0.270 e. The Balaban J connectivity index is 1.64. The van der Waals surface area contributed by atoms with Gasteiger partial charge >= 0.3 is 0 Å². The Morgan fingerprint density at radius 3 is 3.00 bits per heavy atom. The van der Waals surface area contributed by atoms with Gasteiger partial charge in [0.2, 0.25) is 5.95 Å². The van der Waals surface area contributed by atoms with Gasteiger partial charge in [-0.3, -0.25) is 9.78 Å². The molecule has 7 nitrogen and oxygen atoms in total. The molecule has 1 aliphatic rings. The highest BCUT2D eigenvalue weighted by Gasteiger charge is 2.22. The molecule has 2 aromatic heterocycles. The van der Waals surface area contributed by atoms with Gasteiger partial charge in [-0.25, -0.2) is 9.97 Å². The molecular formula is C17H21N5O2. The van der Waals surface area contributed by atoms with E-state index in [-0.39, 0.29) is 18.0 Å². The number of carbonyl (C=O) groups excluding carboxylic acids is 1. The molecule has 24 heavy (non-hydrogen) atoms. The van der Waals surface area contributed by atoms with Crippen LogP contribution in [-0.4, -0.2) is 33.5 Å². The van der Waals surface area contributed by atoms with Crippen LogP contribution < -0.4 is 15.8 Å². The molecule has 0 fully saturated rings. The average molecular weight is 327 g/mol. The van der Waals surface area contributed by atoms with Crippen molar-refractivity contribution in [1.82, 2.24) is 20.3 Å². The van der Waals surface area contributed by atoms with Crippen LogP contribution in [0.4, 0.5) is 5.95 Å². The summed E-state index contributed by atoms with van der Waals surface area (Å²) < 4.78 is 5.70. The van der Waals surface area contributed by atoms with Crippen LogP contribution in [-0.2, 0) is 12.8 Å². The molecule has 2 heterocycles. The van der Waals surface area contributed by atoms with Gasteiger partial charge in [-0.1, -0.05) is 0 Å². The first-order valence-corrected chi connectivity index (χ1v) is 8.13. The van der Waals surface area contributed by atoms with E-state index in [1.165, 1.54) is 0 Å². The zero-order chi connectivity index (χ0) is 16.9. The van der Waals surface area contributed by atoms with E-state index >= 15 is 0 Å². The van der Waals surface area contributed by atoms with Crippen LogP contribution in [0.1, 0.15) is 41.5 Å². The number of hydrogen-bond acceptors (Lipinski definition) is 6. The predicted molar refractivity (Wildman–Crippen MR) is 89.7 cm³/mol. The largest absolute Gasteiger partial charge is 0.487 e.